The predicted octanol–water partition coefficient (Wildman–Crippen LogP) is 2.78. The van der Waals surface area contributed by atoms with Crippen molar-refractivity contribution in [3.63, 3.8) is 0 Å². The molecule has 6 nitrogen and oxygen atoms in total. The quantitative estimate of drug-likeness (QED) is 0.601. The van der Waals surface area contributed by atoms with Crippen molar-refractivity contribution in [1.82, 2.24) is 15.3 Å². The van der Waals surface area contributed by atoms with Gasteiger partial charge >= 0.3 is 5.97 Å². The topological polar surface area (TPSA) is 76.1 Å². The number of benzene rings is 1. The van der Waals surface area contributed by atoms with Gasteiger partial charge < -0.3 is 15.4 Å². The third kappa shape index (κ3) is 4.52. The van der Waals surface area contributed by atoms with Gasteiger partial charge in [0.25, 0.3) is 0 Å². The molecule has 2 N–H and O–H groups in total. The number of nitrogens with zero attached hydrogens (tertiary/aromatic N) is 2. The maximum Gasteiger partial charge on any atom is 0.343 e. The van der Waals surface area contributed by atoms with Crippen LogP contribution < -0.4 is 10.6 Å². The number of rotatable bonds is 7. The van der Waals surface area contributed by atoms with Gasteiger partial charge in [0.05, 0.1) is 12.8 Å². The molecule has 0 fully saturated rings. The van der Waals surface area contributed by atoms with Gasteiger partial charge in [-0.1, -0.05) is 12.1 Å². The highest BCUT2D eigenvalue weighted by molar-refractivity contribution is 5.96. The number of carbonyl (C=O) groups is 1. The van der Waals surface area contributed by atoms with Crippen molar-refractivity contribution in [2.45, 2.75) is 26.7 Å². The van der Waals surface area contributed by atoms with Crippen LogP contribution >= 0.6 is 0 Å². The normalized spacial score (nSPS) is 10.5. The summed E-state index contributed by atoms with van der Waals surface area (Å²) in [7, 11) is 3.27. The average Bonchev–Trinajstić information content (AvgIpc) is 2.54. The van der Waals surface area contributed by atoms with E-state index in [9.17, 15) is 4.79 Å². The van der Waals surface area contributed by atoms with E-state index in [4.69, 9.17) is 4.74 Å². The summed E-state index contributed by atoms with van der Waals surface area (Å²) in [5.74, 6) is 0.759. The highest BCUT2D eigenvalue weighted by Crippen LogP contribution is 2.23. The third-order valence-electron chi connectivity index (χ3n) is 3.63. The van der Waals surface area contributed by atoms with Crippen molar-refractivity contribution >= 4 is 17.5 Å². The molecule has 1 aromatic heterocycles. The number of hydrogen-bond donors (Lipinski definition) is 2. The van der Waals surface area contributed by atoms with Crippen molar-refractivity contribution in [2.24, 2.45) is 0 Å². The number of nitrogens with one attached hydrogen (secondary N) is 2. The van der Waals surface area contributed by atoms with E-state index in [1.807, 2.05) is 38.2 Å². The Bertz CT molecular complexity index is 716. The summed E-state index contributed by atoms with van der Waals surface area (Å²) in [5, 5.41) is 6.34. The van der Waals surface area contributed by atoms with E-state index >= 15 is 0 Å². The van der Waals surface area contributed by atoms with Crippen LogP contribution in [-0.2, 0) is 11.2 Å². The molecule has 0 aliphatic carbocycles. The Morgan fingerprint density at radius 2 is 2.04 bits per heavy atom. The van der Waals surface area contributed by atoms with Crippen LogP contribution in [0.1, 0.15) is 33.9 Å². The molecule has 24 heavy (non-hydrogen) atoms. The van der Waals surface area contributed by atoms with Crippen LogP contribution in [0.15, 0.2) is 24.3 Å². The number of aromatic nitrogens is 2. The molecule has 0 radical (unpaired) electrons. The fourth-order valence-corrected chi connectivity index (χ4v) is 2.46. The van der Waals surface area contributed by atoms with Crippen LogP contribution in [0.4, 0.5) is 11.5 Å². The Balaban J connectivity index is 2.38. The van der Waals surface area contributed by atoms with Crippen molar-refractivity contribution in [3.05, 3.63) is 46.9 Å². The Kier molecular flexibility index (Phi) is 6.26. The van der Waals surface area contributed by atoms with Crippen LogP contribution in [-0.4, -0.2) is 36.6 Å². The Hall–Kier alpha value is -2.47. The van der Waals surface area contributed by atoms with Gasteiger partial charge in [-0.25, -0.2) is 14.8 Å². The van der Waals surface area contributed by atoms with Crippen molar-refractivity contribution in [2.75, 3.05) is 26.0 Å². The van der Waals surface area contributed by atoms with Crippen molar-refractivity contribution in [3.8, 4) is 0 Å². The molecule has 128 valence electrons. The molecule has 0 amide bonds. The van der Waals surface area contributed by atoms with E-state index < -0.39 is 5.97 Å². The van der Waals surface area contributed by atoms with E-state index in [1.54, 1.807) is 6.92 Å². The highest BCUT2D eigenvalue weighted by atomic mass is 16.5. The van der Waals surface area contributed by atoms with Gasteiger partial charge in [-0.15, -0.1) is 0 Å². The number of methoxy groups -OCH3 is 1. The number of aryl methyl sites for hydroxylation is 3. The largest absolute Gasteiger partial charge is 0.465 e. The second kappa shape index (κ2) is 8.40. The third-order valence-corrected chi connectivity index (χ3v) is 3.63. The average molecular weight is 328 g/mol. The number of esters is 1. The van der Waals surface area contributed by atoms with E-state index in [-0.39, 0.29) is 0 Å². The SMILES string of the molecule is CNCCCc1nc(C)c(C(=O)OC)c(Nc2cccc(C)c2)n1. The van der Waals surface area contributed by atoms with Crippen molar-refractivity contribution < 1.29 is 9.53 Å². The van der Waals surface area contributed by atoms with E-state index in [2.05, 4.69) is 20.6 Å². The molecule has 0 aliphatic heterocycles. The summed E-state index contributed by atoms with van der Waals surface area (Å²) in [6.07, 6.45) is 1.67. The maximum absolute atomic E-state index is 12.1. The lowest BCUT2D eigenvalue weighted by Crippen LogP contribution is -2.15. The second-order valence-corrected chi connectivity index (χ2v) is 5.64. The first-order valence-corrected chi connectivity index (χ1v) is 7.99. The van der Waals surface area contributed by atoms with E-state index in [1.165, 1.54) is 7.11 Å². The molecule has 0 aliphatic rings. The molecule has 2 aromatic rings. The summed E-state index contributed by atoms with van der Waals surface area (Å²) >= 11 is 0. The van der Waals surface area contributed by atoms with E-state index in [0.717, 1.165) is 30.6 Å². The van der Waals surface area contributed by atoms with Gasteiger partial charge in [-0.2, -0.15) is 0 Å². The molecule has 0 bridgehead atoms. The lowest BCUT2D eigenvalue weighted by molar-refractivity contribution is 0.0600. The van der Waals surface area contributed by atoms with Crippen LogP contribution in [0.3, 0.4) is 0 Å². The second-order valence-electron chi connectivity index (χ2n) is 5.64. The smallest absolute Gasteiger partial charge is 0.343 e. The maximum atomic E-state index is 12.1. The molecule has 0 saturated carbocycles. The predicted molar refractivity (Wildman–Crippen MR) is 94.8 cm³/mol. The summed E-state index contributed by atoms with van der Waals surface area (Å²) in [6, 6.07) is 7.91. The van der Waals surface area contributed by atoms with Crippen LogP contribution in [0.2, 0.25) is 0 Å². The molecule has 1 aromatic carbocycles. The Labute approximate surface area is 142 Å². The summed E-state index contributed by atoms with van der Waals surface area (Å²) in [4.78, 5) is 21.1. The van der Waals surface area contributed by atoms with Gasteiger partial charge in [0.1, 0.15) is 17.2 Å². The van der Waals surface area contributed by atoms with Crippen LogP contribution in [0.5, 0.6) is 0 Å². The molecule has 0 atom stereocenters. The lowest BCUT2D eigenvalue weighted by atomic mass is 10.2. The molecular formula is C18H24N4O2. The molecule has 6 heteroatoms. The van der Waals surface area contributed by atoms with Crippen LogP contribution in [0, 0.1) is 13.8 Å². The summed E-state index contributed by atoms with van der Waals surface area (Å²) < 4.78 is 4.89. The van der Waals surface area contributed by atoms with Crippen molar-refractivity contribution in [1.29, 1.82) is 0 Å². The first-order chi connectivity index (χ1) is 11.5. The molecule has 0 saturated heterocycles. The van der Waals surface area contributed by atoms with Gasteiger partial charge in [-0.05, 0) is 51.6 Å². The lowest BCUT2D eigenvalue weighted by Gasteiger charge is -2.14. The number of carbonyl (C=O) groups excluding carboxylic acids is 1. The minimum Gasteiger partial charge on any atom is -0.465 e. The minimum absolute atomic E-state index is 0.372. The van der Waals surface area contributed by atoms with Gasteiger partial charge in [0.15, 0.2) is 0 Å². The zero-order valence-electron chi connectivity index (χ0n) is 14.6. The Morgan fingerprint density at radius 3 is 2.71 bits per heavy atom. The first kappa shape index (κ1) is 17.9. The van der Waals surface area contributed by atoms with Gasteiger partial charge in [0.2, 0.25) is 0 Å². The first-order valence-electron chi connectivity index (χ1n) is 7.99. The molecule has 1 heterocycles. The number of ether oxygens (including phenoxy) is 1. The van der Waals surface area contributed by atoms with Gasteiger partial charge in [-0.3, -0.25) is 0 Å². The van der Waals surface area contributed by atoms with E-state index in [0.29, 0.717) is 22.9 Å². The number of hydrogen-bond acceptors (Lipinski definition) is 6. The fraction of sp³-hybridized carbons (Fsp3) is 0.389. The highest BCUT2D eigenvalue weighted by Gasteiger charge is 2.19. The summed E-state index contributed by atoms with van der Waals surface area (Å²) in [5.41, 5.74) is 2.99. The van der Waals surface area contributed by atoms with Crippen LogP contribution in [0.25, 0.3) is 0 Å². The minimum atomic E-state index is -0.440. The molecular weight excluding hydrogens is 304 g/mol. The zero-order valence-corrected chi connectivity index (χ0v) is 14.6. The number of anilines is 2. The fourth-order valence-electron chi connectivity index (χ4n) is 2.46. The molecule has 2 rings (SSSR count). The summed E-state index contributed by atoms with van der Waals surface area (Å²) in [6.45, 7) is 4.71. The Morgan fingerprint density at radius 1 is 1.25 bits per heavy atom. The monoisotopic (exact) mass is 328 g/mol. The molecule has 0 unspecified atom stereocenters. The zero-order chi connectivity index (χ0) is 17.5. The molecule has 0 spiro atoms. The van der Waals surface area contributed by atoms with Gasteiger partial charge in [0, 0.05) is 12.1 Å². The standard InChI is InChI=1S/C18H24N4O2/c1-12-7-5-8-14(11-12)21-17-16(18(23)24-4)13(2)20-15(22-17)9-6-10-19-3/h5,7-8,11,19H,6,9-10H2,1-4H3,(H,20,21,22).